The number of carbonyl (C=O) groups is 1. The van der Waals surface area contributed by atoms with E-state index < -0.39 is 0 Å². The van der Waals surface area contributed by atoms with Crippen LogP contribution in [0.4, 0.5) is 0 Å². The zero-order valence-corrected chi connectivity index (χ0v) is 17.4. The van der Waals surface area contributed by atoms with Gasteiger partial charge >= 0.3 is 0 Å². The van der Waals surface area contributed by atoms with Crippen LogP contribution in [0.3, 0.4) is 0 Å². The van der Waals surface area contributed by atoms with E-state index in [4.69, 9.17) is 4.74 Å². The van der Waals surface area contributed by atoms with E-state index in [1.54, 1.807) is 7.11 Å². The third-order valence-electron chi connectivity index (χ3n) is 4.55. The first-order chi connectivity index (χ1) is 12.5. The summed E-state index contributed by atoms with van der Waals surface area (Å²) >= 11 is 3.53. The molecule has 1 amide bonds. The van der Waals surface area contributed by atoms with Crippen LogP contribution in [0.2, 0.25) is 0 Å². The van der Waals surface area contributed by atoms with Crippen molar-refractivity contribution in [1.82, 2.24) is 10.2 Å². The van der Waals surface area contributed by atoms with E-state index in [9.17, 15) is 4.79 Å². The van der Waals surface area contributed by atoms with Crippen molar-refractivity contribution in [2.45, 2.75) is 32.9 Å². The van der Waals surface area contributed by atoms with Gasteiger partial charge in [0.2, 0.25) is 5.91 Å². The summed E-state index contributed by atoms with van der Waals surface area (Å²) in [6, 6.07) is 15.5. The van der Waals surface area contributed by atoms with Crippen molar-refractivity contribution in [2.24, 2.45) is 0 Å². The molecule has 26 heavy (non-hydrogen) atoms. The smallest absolute Gasteiger partial charge is 0.244 e. The number of rotatable bonds is 8. The highest BCUT2D eigenvalue weighted by atomic mass is 79.9. The highest BCUT2D eigenvalue weighted by Gasteiger charge is 2.26. The van der Waals surface area contributed by atoms with Crippen LogP contribution in [0.5, 0.6) is 5.75 Å². The fraction of sp³-hybridized carbons (Fsp3) is 0.381. The SMILES string of the molecule is CCN(CC)C(=O)[C@H](N[C@@H](C)c1ccc(OC)c(Br)c1)c1ccccc1. The van der Waals surface area contributed by atoms with Gasteiger partial charge < -0.3 is 9.64 Å². The molecule has 0 bridgehead atoms. The average molecular weight is 419 g/mol. The molecule has 140 valence electrons. The van der Waals surface area contributed by atoms with Crippen LogP contribution in [0.25, 0.3) is 0 Å². The fourth-order valence-electron chi connectivity index (χ4n) is 2.97. The third-order valence-corrected chi connectivity index (χ3v) is 5.17. The normalized spacial score (nSPS) is 13.1. The fourth-order valence-corrected chi connectivity index (χ4v) is 3.53. The molecule has 0 radical (unpaired) electrons. The van der Waals surface area contributed by atoms with E-state index >= 15 is 0 Å². The minimum Gasteiger partial charge on any atom is -0.496 e. The van der Waals surface area contributed by atoms with Crippen LogP contribution >= 0.6 is 15.9 Å². The predicted molar refractivity (Wildman–Crippen MR) is 109 cm³/mol. The van der Waals surface area contributed by atoms with Crippen LogP contribution in [0, 0.1) is 0 Å². The second-order valence-corrected chi connectivity index (χ2v) is 6.99. The summed E-state index contributed by atoms with van der Waals surface area (Å²) in [6.45, 7) is 7.48. The van der Waals surface area contributed by atoms with Gasteiger partial charge in [-0.1, -0.05) is 36.4 Å². The monoisotopic (exact) mass is 418 g/mol. The molecule has 0 unspecified atom stereocenters. The zero-order valence-electron chi connectivity index (χ0n) is 15.8. The van der Waals surface area contributed by atoms with Gasteiger partial charge in [0.15, 0.2) is 0 Å². The highest BCUT2D eigenvalue weighted by Crippen LogP contribution is 2.29. The van der Waals surface area contributed by atoms with Gasteiger partial charge in [-0.25, -0.2) is 0 Å². The van der Waals surface area contributed by atoms with E-state index in [0.29, 0.717) is 13.1 Å². The first-order valence-corrected chi connectivity index (χ1v) is 9.74. The third kappa shape index (κ3) is 4.86. The number of carbonyl (C=O) groups excluding carboxylic acids is 1. The Morgan fingerprint density at radius 1 is 1.12 bits per heavy atom. The molecule has 0 saturated carbocycles. The minimum atomic E-state index is -0.382. The van der Waals surface area contributed by atoms with Crippen molar-refractivity contribution in [3.05, 3.63) is 64.1 Å². The number of methoxy groups -OCH3 is 1. The Labute approximate surface area is 164 Å². The summed E-state index contributed by atoms with van der Waals surface area (Å²) in [5, 5.41) is 3.51. The highest BCUT2D eigenvalue weighted by molar-refractivity contribution is 9.10. The Morgan fingerprint density at radius 3 is 2.31 bits per heavy atom. The second-order valence-electron chi connectivity index (χ2n) is 6.14. The van der Waals surface area contributed by atoms with Crippen LogP contribution in [-0.2, 0) is 4.79 Å². The van der Waals surface area contributed by atoms with Gasteiger partial charge in [-0.05, 0) is 60.0 Å². The number of hydrogen-bond donors (Lipinski definition) is 1. The second kappa shape index (κ2) is 9.74. The van der Waals surface area contributed by atoms with Crippen LogP contribution in [0.1, 0.15) is 44.0 Å². The molecule has 0 aliphatic carbocycles. The number of hydrogen-bond acceptors (Lipinski definition) is 3. The summed E-state index contributed by atoms with van der Waals surface area (Å²) in [7, 11) is 1.65. The summed E-state index contributed by atoms with van der Waals surface area (Å²) in [5.74, 6) is 0.889. The summed E-state index contributed by atoms with van der Waals surface area (Å²) in [4.78, 5) is 14.9. The van der Waals surface area contributed by atoms with Gasteiger partial charge in [0, 0.05) is 19.1 Å². The van der Waals surface area contributed by atoms with E-state index in [1.807, 2.05) is 67.3 Å². The maximum absolute atomic E-state index is 13.1. The summed E-state index contributed by atoms with van der Waals surface area (Å²) in [6.07, 6.45) is 0. The number of amides is 1. The number of ether oxygens (including phenoxy) is 1. The van der Waals surface area contributed by atoms with Crippen molar-refractivity contribution in [2.75, 3.05) is 20.2 Å². The van der Waals surface area contributed by atoms with Gasteiger partial charge in [0.05, 0.1) is 11.6 Å². The molecule has 2 atom stereocenters. The van der Waals surface area contributed by atoms with Crippen LogP contribution in [-0.4, -0.2) is 31.0 Å². The van der Waals surface area contributed by atoms with Crippen molar-refractivity contribution < 1.29 is 9.53 Å². The summed E-state index contributed by atoms with van der Waals surface area (Å²) < 4.78 is 6.20. The topological polar surface area (TPSA) is 41.6 Å². The van der Waals surface area contributed by atoms with Crippen molar-refractivity contribution in [1.29, 1.82) is 0 Å². The van der Waals surface area contributed by atoms with Crippen LogP contribution in [0.15, 0.2) is 53.0 Å². The number of nitrogens with one attached hydrogen (secondary N) is 1. The van der Waals surface area contributed by atoms with E-state index in [2.05, 4.69) is 28.2 Å². The average Bonchev–Trinajstić information content (AvgIpc) is 2.67. The number of benzene rings is 2. The largest absolute Gasteiger partial charge is 0.496 e. The zero-order chi connectivity index (χ0) is 19.1. The van der Waals surface area contributed by atoms with E-state index in [0.717, 1.165) is 21.3 Å². The molecule has 0 aromatic heterocycles. The summed E-state index contributed by atoms with van der Waals surface area (Å²) in [5.41, 5.74) is 2.06. The molecule has 2 aromatic carbocycles. The molecule has 0 heterocycles. The quantitative estimate of drug-likeness (QED) is 0.674. The lowest BCUT2D eigenvalue weighted by Gasteiger charge is -2.29. The van der Waals surface area contributed by atoms with Gasteiger partial charge in [-0.2, -0.15) is 0 Å². The molecule has 0 saturated heterocycles. The minimum absolute atomic E-state index is 0.00178. The Balaban J connectivity index is 2.28. The molecule has 0 spiro atoms. The van der Waals surface area contributed by atoms with Gasteiger partial charge in [-0.3, -0.25) is 10.1 Å². The Morgan fingerprint density at radius 2 is 1.77 bits per heavy atom. The Hall–Kier alpha value is -1.85. The molecule has 2 rings (SSSR count). The van der Waals surface area contributed by atoms with Gasteiger partial charge in [0.25, 0.3) is 0 Å². The maximum atomic E-state index is 13.1. The van der Waals surface area contributed by atoms with Crippen LogP contribution < -0.4 is 10.1 Å². The molecule has 1 N–H and O–H groups in total. The Kier molecular flexibility index (Phi) is 7.66. The Bertz CT molecular complexity index is 717. The van der Waals surface area contributed by atoms with Crippen molar-refractivity contribution in [3.8, 4) is 5.75 Å². The van der Waals surface area contributed by atoms with Gasteiger partial charge in [-0.15, -0.1) is 0 Å². The molecule has 0 fully saturated rings. The molecular formula is C21H27BrN2O2. The lowest BCUT2D eigenvalue weighted by molar-refractivity contribution is -0.133. The van der Waals surface area contributed by atoms with Crippen molar-refractivity contribution in [3.63, 3.8) is 0 Å². The molecule has 2 aromatic rings. The number of halogens is 1. The molecule has 4 nitrogen and oxygen atoms in total. The molecule has 5 heteroatoms. The molecule has 0 aliphatic heterocycles. The predicted octanol–water partition coefficient (Wildman–Crippen LogP) is 4.72. The van der Waals surface area contributed by atoms with Gasteiger partial charge in [0.1, 0.15) is 11.8 Å². The lowest BCUT2D eigenvalue weighted by atomic mass is 10.0. The number of nitrogens with zero attached hydrogens (tertiary/aromatic N) is 1. The lowest BCUT2D eigenvalue weighted by Crippen LogP contribution is -2.41. The first kappa shape index (κ1) is 20.5. The van der Waals surface area contributed by atoms with E-state index in [-0.39, 0.29) is 18.0 Å². The number of likely N-dealkylation sites (N-methyl/N-ethyl adjacent to an activating group) is 1. The molecular weight excluding hydrogens is 392 g/mol. The van der Waals surface area contributed by atoms with Crippen molar-refractivity contribution >= 4 is 21.8 Å². The standard InChI is InChI=1S/C21H27BrN2O2/c1-5-24(6-2)21(25)20(16-10-8-7-9-11-16)23-15(3)17-12-13-19(26-4)18(22)14-17/h7-15,20,23H,5-6H2,1-4H3/t15-,20+/m0/s1. The van der Waals surface area contributed by atoms with E-state index in [1.165, 1.54) is 0 Å². The molecule has 0 aliphatic rings. The maximum Gasteiger partial charge on any atom is 0.244 e. The first-order valence-electron chi connectivity index (χ1n) is 8.95.